The van der Waals surface area contributed by atoms with Crippen molar-refractivity contribution in [3.63, 3.8) is 0 Å². The van der Waals surface area contributed by atoms with Gasteiger partial charge in [-0.05, 0) is 56.4 Å². The first kappa shape index (κ1) is 26.9. The van der Waals surface area contributed by atoms with Crippen molar-refractivity contribution in [1.82, 2.24) is 25.5 Å². The van der Waals surface area contributed by atoms with E-state index in [0.717, 1.165) is 43.4 Å². The number of halogens is 1. The highest BCUT2D eigenvalue weighted by Gasteiger charge is 2.07. The zero-order valence-corrected chi connectivity index (χ0v) is 20.7. The molecule has 2 aromatic rings. The van der Waals surface area contributed by atoms with Crippen molar-refractivity contribution in [2.75, 3.05) is 18.9 Å². The predicted molar refractivity (Wildman–Crippen MR) is 134 cm³/mol. The molecule has 2 heterocycles. The minimum absolute atomic E-state index is 0.122. The summed E-state index contributed by atoms with van der Waals surface area (Å²) in [6.45, 7) is 4.55. The Balaban J connectivity index is 1.80. The van der Waals surface area contributed by atoms with E-state index in [0.29, 0.717) is 23.1 Å². The molecular weight excluding hydrogens is 454 g/mol. The average molecular weight is 486 g/mol. The number of aromatic nitrogens is 3. The van der Waals surface area contributed by atoms with Crippen LogP contribution in [-0.4, -0.2) is 51.8 Å². The summed E-state index contributed by atoms with van der Waals surface area (Å²) in [4.78, 5) is 27.9. The van der Waals surface area contributed by atoms with Crippen LogP contribution < -0.4 is 10.6 Å². The van der Waals surface area contributed by atoms with Crippen LogP contribution >= 0.6 is 11.6 Å². The standard InChI is InChI=1S/C24H32ClN7O2/c1-4-5-13-28-32(17-18(2)24(34)26-3)14-7-6-8-20-10-12-22(31-30-20)29-23(33)15-19-9-11-21(25)27-16-19/h9-13,16-17H,4-8,14-15H2,1-3H3,(H,26,34)(H,29,31,33)/b18-17+,28-13+. The highest BCUT2D eigenvalue weighted by Crippen LogP contribution is 2.10. The molecule has 0 aliphatic rings. The first-order valence-electron chi connectivity index (χ1n) is 11.3. The van der Waals surface area contributed by atoms with E-state index in [4.69, 9.17) is 11.6 Å². The molecule has 0 atom stereocenters. The summed E-state index contributed by atoms with van der Waals surface area (Å²) in [5.74, 6) is 0.0832. The minimum atomic E-state index is -0.199. The Labute approximate surface area is 205 Å². The molecule has 0 bridgehead atoms. The monoisotopic (exact) mass is 485 g/mol. The van der Waals surface area contributed by atoms with Crippen molar-refractivity contribution in [3.05, 3.63) is 58.6 Å². The summed E-state index contributed by atoms with van der Waals surface area (Å²) in [7, 11) is 1.61. The fourth-order valence-corrected chi connectivity index (χ4v) is 3.06. The highest BCUT2D eigenvalue weighted by molar-refractivity contribution is 6.29. The lowest BCUT2D eigenvalue weighted by Crippen LogP contribution is -2.21. The normalized spacial score (nSPS) is 11.5. The van der Waals surface area contributed by atoms with Crippen LogP contribution in [-0.2, 0) is 22.4 Å². The molecular formula is C24H32ClN7O2. The maximum absolute atomic E-state index is 12.2. The molecule has 10 heteroatoms. The van der Waals surface area contributed by atoms with E-state index in [-0.39, 0.29) is 18.2 Å². The second kappa shape index (κ2) is 14.7. The van der Waals surface area contributed by atoms with E-state index < -0.39 is 0 Å². The van der Waals surface area contributed by atoms with E-state index in [1.165, 1.54) is 0 Å². The molecule has 0 saturated carbocycles. The van der Waals surface area contributed by atoms with Crippen LogP contribution in [0.1, 0.15) is 50.8 Å². The predicted octanol–water partition coefficient (Wildman–Crippen LogP) is 3.77. The lowest BCUT2D eigenvalue weighted by molar-refractivity contribution is -0.117. The van der Waals surface area contributed by atoms with Gasteiger partial charge in [-0.1, -0.05) is 31.0 Å². The lowest BCUT2D eigenvalue weighted by atomic mass is 10.2. The van der Waals surface area contributed by atoms with Gasteiger partial charge in [0.05, 0.1) is 12.1 Å². The number of anilines is 1. The van der Waals surface area contributed by atoms with Crippen molar-refractivity contribution in [3.8, 4) is 0 Å². The Morgan fingerprint density at radius 2 is 2.00 bits per heavy atom. The minimum Gasteiger partial charge on any atom is -0.355 e. The molecule has 0 aromatic carbocycles. The molecule has 2 N–H and O–H groups in total. The maximum atomic E-state index is 12.2. The van der Waals surface area contributed by atoms with Gasteiger partial charge in [-0.3, -0.25) is 14.6 Å². The van der Waals surface area contributed by atoms with Crippen LogP contribution in [0.15, 0.2) is 47.3 Å². The molecule has 0 unspecified atom stereocenters. The number of aryl methyl sites for hydroxylation is 1. The summed E-state index contributed by atoms with van der Waals surface area (Å²) >= 11 is 5.76. The molecule has 2 aromatic heterocycles. The van der Waals surface area contributed by atoms with E-state index >= 15 is 0 Å². The van der Waals surface area contributed by atoms with Crippen LogP contribution in [0.25, 0.3) is 0 Å². The van der Waals surface area contributed by atoms with E-state index in [2.05, 4.69) is 37.8 Å². The number of hydrogen-bond donors (Lipinski definition) is 2. The zero-order chi connectivity index (χ0) is 24.8. The summed E-state index contributed by atoms with van der Waals surface area (Å²) in [6.07, 6.45) is 9.80. The summed E-state index contributed by atoms with van der Waals surface area (Å²) in [5, 5.41) is 20.3. The number of rotatable bonds is 13. The van der Waals surface area contributed by atoms with Crippen LogP contribution in [0.2, 0.25) is 5.15 Å². The zero-order valence-electron chi connectivity index (χ0n) is 19.9. The van der Waals surface area contributed by atoms with Gasteiger partial charge in [-0.2, -0.15) is 10.2 Å². The SMILES string of the molecule is CCC/C=N/N(/C=C(\C)C(=O)NC)CCCCc1ccc(NC(=O)Cc2ccc(Cl)nc2)nn1. The molecule has 0 aliphatic heterocycles. The highest BCUT2D eigenvalue weighted by atomic mass is 35.5. The quantitative estimate of drug-likeness (QED) is 0.147. The topological polar surface area (TPSA) is 112 Å². The first-order chi connectivity index (χ1) is 16.4. The van der Waals surface area contributed by atoms with Crippen molar-refractivity contribution in [2.24, 2.45) is 5.10 Å². The Kier molecular flexibility index (Phi) is 11.7. The summed E-state index contributed by atoms with van der Waals surface area (Å²) < 4.78 is 0. The fraction of sp³-hybridized carbons (Fsp3) is 0.417. The third-order valence-corrected chi connectivity index (χ3v) is 5.01. The fourth-order valence-electron chi connectivity index (χ4n) is 2.95. The summed E-state index contributed by atoms with van der Waals surface area (Å²) in [5.41, 5.74) is 2.21. The number of hydrazone groups is 1. The van der Waals surface area contributed by atoms with Crippen molar-refractivity contribution < 1.29 is 9.59 Å². The maximum Gasteiger partial charge on any atom is 0.248 e. The average Bonchev–Trinajstić information content (AvgIpc) is 2.83. The van der Waals surface area contributed by atoms with Gasteiger partial charge in [0.1, 0.15) is 5.15 Å². The second-order valence-electron chi connectivity index (χ2n) is 7.72. The molecule has 0 aliphatic carbocycles. The number of hydrogen-bond acceptors (Lipinski definition) is 7. The number of nitrogens with one attached hydrogen (secondary N) is 2. The Bertz CT molecular complexity index is 976. The molecule has 0 saturated heterocycles. The van der Waals surface area contributed by atoms with Gasteiger partial charge in [-0.15, -0.1) is 5.10 Å². The lowest BCUT2D eigenvalue weighted by Gasteiger charge is -2.15. The third-order valence-electron chi connectivity index (χ3n) is 4.79. The van der Waals surface area contributed by atoms with Crippen LogP contribution in [0.5, 0.6) is 0 Å². The Morgan fingerprint density at radius 3 is 2.65 bits per heavy atom. The largest absolute Gasteiger partial charge is 0.355 e. The van der Waals surface area contributed by atoms with Crippen LogP contribution in [0.4, 0.5) is 5.82 Å². The molecule has 2 amide bonds. The van der Waals surface area contributed by atoms with E-state index in [1.807, 2.05) is 12.3 Å². The van der Waals surface area contributed by atoms with E-state index in [1.54, 1.807) is 49.6 Å². The van der Waals surface area contributed by atoms with Gasteiger partial charge < -0.3 is 10.6 Å². The molecule has 0 radical (unpaired) electrons. The van der Waals surface area contributed by atoms with Gasteiger partial charge >= 0.3 is 0 Å². The number of unbranched alkanes of at least 4 members (excludes halogenated alkanes) is 2. The molecule has 34 heavy (non-hydrogen) atoms. The second-order valence-corrected chi connectivity index (χ2v) is 8.11. The molecule has 9 nitrogen and oxygen atoms in total. The number of carbonyl (C=O) groups is 2. The Morgan fingerprint density at radius 1 is 1.18 bits per heavy atom. The van der Waals surface area contributed by atoms with Gasteiger partial charge in [0, 0.05) is 37.8 Å². The van der Waals surface area contributed by atoms with Gasteiger partial charge in [0.25, 0.3) is 0 Å². The van der Waals surface area contributed by atoms with Crippen molar-refractivity contribution >= 4 is 35.4 Å². The van der Waals surface area contributed by atoms with E-state index in [9.17, 15) is 9.59 Å². The number of carbonyl (C=O) groups excluding carboxylic acids is 2. The molecule has 2 rings (SSSR count). The van der Waals surface area contributed by atoms with Gasteiger partial charge in [0.15, 0.2) is 5.82 Å². The number of nitrogens with zero attached hydrogens (tertiary/aromatic N) is 5. The smallest absolute Gasteiger partial charge is 0.248 e. The number of amides is 2. The Hall–Kier alpha value is -3.33. The summed E-state index contributed by atoms with van der Waals surface area (Å²) in [6, 6.07) is 7.01. The number of pyridine rings is 1. The molecule has 0 fully saturated rings. The van der Waals surface area contributed by atoms with Crippen LogP contribution in [0, 0.1) is 0 Å². The van der Waals surface area contributed by atoms with Crippen molar-refractivity contribution in [2.45, 2.75) is 52.4 Å². The van der Waals surface area contributed by atoms with Crippen LogP contribution in [0.3, 0.4) is 0 Å². The van der Waals surface area contributed by atoms with Crippen molar-refractivity contribution in [1.29, 1.82) is 0 Å². The first-order valence-corrected chi connectivity index (χ1v) is 11.7. The van der Waals surface area contributed by atoms with Gasteiger partial charge in [0.2, 0.25) is 11.8 Å². The number of likely N-dealkylation sites (N-methyl/N-ethyl adjacent to an activating group) is 1. The third kappa shape index (κ3) is 10.1. The van der Waals surface area contributed by atoms with Gasteiger partial charge in [-0.25, -0.2) is 4.98 Å². The molecule has 182 valence electrons. The molecule has 0 spiro atoms.